The topological polar surface area (TPSA) is 31.4 Å². The lowest BCUT2D eigenvalue weighted by molar-refractivity contribution is 0.200. The summed E-state index contributed by atoms with van der Waals surface area (Å²) in [6, 6.07) is 8.13. The number of nitrogens with zero attached hydrogens (tertiary/aromatic N) is 1. The number of allylic oxidation sites excluding steroid dienone is 1. The van der Waals surface area contributed by atoms with Gasteiger partial charge in [-0.3, -0.25) is 0 Å². The Morgan fingerprint density at radius 1 is 1.37 bits per heavy atom. The molecule has 1 aliphatic heterocycles. The Balaban J connectivity index is 2.06. The summed E-state index contributed by atoms with van der Waals surface area (Å²) in [4.78, 5) is 4.69. The van der Waals surface area contributed by atoms with Gasteiger partial charge in [-0.1, -0.05) is 11.8 Å². The molecule has 1 aliphatic rings. The maximum Gasteiger partial charge on any atom is 0.120 e. The van der Waals surface area contributed by atoms with Crippen molar-refractivity contribution < 1.29 is 9.47 Å². The Morgan fingerprint density at radius 2 is 2.26 bits per heavy atom. The van der Waals surface area contributed by atoms with Gasteiger partial charge in [0.05, 0.1) is 12.1 Å². The molecule has 0 saturated carbocycles. The third kappa shape index (κ3) is 2.54. The first-order valence-corrected chi connectivity index (χ1v) is 7.17. The highest BCUT2D eigenvalue weighted by Gasteiger charge is 2.11. The van der Waals surface area contributed by atoms with Crippen molar-refractivity contribution in [3.63, 3.8) is 0 Å². The zero-order valence-electron chi connectivity index (χ0n) is 11.0. The summed E-state index contributed by atoms with van der Waals surface area (Å²) < 4.78 is 11.2. The summed E-state index contributed by atoms with van der Waals surface area (Å²) >= 11 is 1.62. The quantitative estimate of drug-likeness (QED) is 0.823. The Hall–Kier alpha value is -1.68. The molecule has 4 heteroatoms. The molecular weight excluding hydrogens is 258 g/mol. The van der Waals surface area contributed by atoms with Gasteiger partial charge in [-0.25, -0.2) is 4.98 Å². The fourth-order valence-corrected chi connectivity index (χ4v) is 2.77. The van der Waals surface area contributed by atoms with Gasteiger partial charge in [0.15, 0.2) is 0 Å². The smallest absolute Gasteiger partial charge is 0.120 e. The SMILES string of the molecule is CCOc1ccc2nc3c(cc2c1)COC(C)=CS3. The van der Waals surface area contributed by atoms with E-state index in [-0.39, 0.29) is 0 Å². The maximum atomic E-state index is 5.62. The van der Waals surface area contributed by atoms with E-state index < -0.39 is 0 Å². The van der Waals surface area contributed by atoms with Crippen molar-refractivity contribution in [3.8, 4) is 5.75 Å². The monoisotopic (exact) mass is 273 g/mol. The van der Waals surface area contributed by atoms with Gasteiger partial charge >= 0.3 is 0 Å². The van der Waals surface area contributed by atoms with Crippen LogP contribution in [0.4, 0.5) is 0 Å². The molecule has 0 radical (unpaired) electrons. The minimum atomic E-state index is 0.576. The first-order valence-electron chi connectivity index (χ1n) is 6.29. The second kappa shape index (κ2) is 5.13. The van der Waals surface area contributed by atoms with Crippen molar-refractivity contribution in [2.75, 3.05) is 6.61 Å². The van der Waals surface area contributed by atoms with E-state index >= 15 is 0 Å². The van der Waals surface area contributed by atoms with Gasteiger partial charge in [0.2, 0.25) is 0 Å². The van der Waals surface area contributed by atoms with Crippen molar-refractivity contribution in [1.29, 1.82) is 0 Å². The number of ether oxygens (including phenoxy) is 2. The molecule has 0 atom stereocenters. The standard InChI is InChI=1S/C15H15NO2S/c1-3-17-13-4-5-14-11(7-13)6-12-8-18-10(2)9-19-15(12)16-14/h4-7,9H,3,8H2,1-2H3. The summed E-state index contributed by atoms with van der Waals surface area (Å²) in [5, 5.41) is 4.11. The Labute approximate surface area is 116 Å². The van der Waals surface area contributed by atoms with Crippen LogP contribution in [0.1, 0.15) is 19.4 Å². The lowest BCUT2D eigenvalue weighted by Crippen LogP contribution is -1.95. The maximum absolute atomic E-state index is 5.62. The van der Waals surface area contributed by atoms with E-state index in [1.54, 1.807) is 11.8 Å². The summed E-state index contributed by atoms with van der Waals surface area (Å²) in [6.45, 7) is 5.20. The number of hydrogen-bond donors (Lipinski definition) is 0. The van der Waals surface area contributed by atoms with Gasteiger partial charge in [-0.05, 0) is 38.1 Å². The number of thioether (sulfide) groups is 1. The molecule has 98 valence electrons. The van der Waals surface area contributed by atoms with Crippen LogP contribution in [0.5, 0.6) is 5.75 Å². The number of rotatable bonds is 2. The number of fused-ring (bicyclic) bond motifs is 2. The predicted octanol–water partition coefficient (Wildman–Crippen LogP) is 4.12. The second-order valence-corrected chi connectivity index (χ2v) is 5.23. The van der Waals surface area contributed by atoms with Gasteiger partial charge in [0.25, 0.3) is 0 Å². The zero-order chi connectivity index (χ0) is 13.2. The molecule has 1 aromatic carbocycles. The van der Waals surface area contributed by atoms with E-state index in [1.165, 1.54) is 0 Å². The molecule has 0 N–H and O–H groups in total. The fourth-order valence-electron chi connectivity index (χ4n) is 2.01. The minimum absolute atomic E-state index is 0.576. The van der Waals surface area contributed by atoms with Crippen LogP contribution in [0.2, 0.25) is 0 Å². The van der Waals surface area contributed by atoms with E-state index in [1.807, 2.05) is 37.5 Å². The van der Waals surface area contributed by atoms with E-state index in [4.69, 9.17) is 14.5 Å². The Bertz CT molecular complexity index is 652. The lowest BCUT2D eigenvalue weighted by atomic mass is 10.1. The normalized spacial score (nSPS) is 14.3. The summed E-state index contributed by atoms with van der Waals surface area (Å²) in [7, 11) is 0. The lowest BCUT2D eigenvalue weighted by Gasteiger charge is -2.08. The minimum Gasteiger partial charge on any atom is -0.494 e. The average Bonchev–Trinajstić information content (AvgIpc) is 2.59. The van der Waals surface area contributed by atoms with Crippen LogP contribution in [0, 0.1) is 0 Å². The molecule has 0 saturated heterocycles. The summed E-state index contributed by atoms with van der Waals surface area (Å²) in [6.07, 6.45) is 0. The highest BCUT2D eigenvalue weighted by molar-refractivity contribution is 8.02. The van der Waals surface area contributed by atoms with Crippen molar-refractivity contribution in [2.24, 2.45) is 0 Å². The number of hydrogen-bond acceptors (Lipinski definition) is 4. The first-order chi connectivity index (χ1) is 9.26. The van der Waals surface area contributed by atoms with Crippen LogP contribution in [0.3, 0.4) is 0 Å². The molecule has 0 amide bonds. The van der Waals surface area contributed by atoms with Gasteiger partial charge < -0.3 is 9.47 Å². The highest BCUT2D eigenvalue weighted by Crippen LogP contribution is 2.31. The van der Waals surface area contributed by atoms with Crippen molar-refractivity contribution in [3.05, 3.63) is 41.0 Å². The highest BCUT2D eigenvalue weighted by atomic mass is 32.2. The van der Waals surface area contributed by atoms with E-state index in [9.17, 15) is 0 Å². The van der Waals surface area contributed by atoms with Crippen molar-refractivity contribution >= 4 is 22.7 Å². The van der Waals surface area contributed by atoms with Crippen LogP contribution in [-0.4, -0.2) is 11.6 Å². The fraction of sp³-hybridized carbons (Fsp3) is 0.267. The van der Waals surface area contributed by atoms with Crippen LogP contribution < -0.4 is 4.74 Å². The molecule has 0 spiro atoms. The second-order valence-electron chi connectivity index (χ2n) is 4.38. The molecule has 2 heterocycles. The molecule has 0 unspecified atom stereocenters. The van der Waals surface area contributed by atoms with Crippen molar-refractivity contribution in [1.82, 2.24) is 4.98 Å². The summed E-state index contributed by atoms with van der Waals surface area (Å²) in [5.41, 5.74) is 2.11. The van der Waals surface area contributed by atoms with E-state index in [0.29, 0.717) is 13.2 Å². The molecule has 3 nitrogen and oxygen atoms in total. The van der Waals surface area contributed by atoms with Gasteiger partial charge in [0, 0.05) is 16.4 Å². The molecule has 2 aromatic rings. The summed E-state index contributed by atoms with van der Waals surface area (Å²) in [5.74, 6) is 1.82. The van der Waals surface area contributed by atoms with Crippen LogP contribution in [0.15, 0.2) is 40.5 Å². The van der Waals surface area contributed by atoms with Crippen LogP contribution >= 0.6 is 11.8 Å². The Morgan fingerprint density at radius 3 is 3.11 bits per heavy atom. The number of aromatic nitrogens is 1. The molecule has 3 rings (SSSR count). The number of pyridine rings is 1. The first kappa shape index (κ1) is 12.4. The molecule has 19 heavy (non-hydrogen) atoms. The van der Waals surface area contributed by atoms with Crippen LogP contribution in [-0.2, 0) is 11.3 Å². The van der Waals surface area contributed by atoms with Gasteiger partial charge in [-0.15, -0.1) is 0 Å². The largest absolute Gasteiger partial charge is 0.494 e. The molecule has 1 aromatic heterocycles. The average molecular weight is 273 g/mol. The van der Waals surface area contributed by atoms with Crippen molar-refractivity contribution in [2.45, 2.75) is 25.5 Å². The number of benzene rings is 1. The molecular formula is C15H15NO2S. The van der Waals surface area contributed by atoms with E-state index in [2.05, 4.69) is 6.07 Å². The Kier molecular flexibility index (Phi) is 3.34. The zero-order valence-corrected chi connectivity index (χ0v) is 11.8. The predicted molar refractivity (Wildman–Crippen MR) is 77.3 cm³/mol. The molecule has 0 fully saturated rings. The molecule has 0 aliphatic carbocycles. The van der Waals surface area contributed by atoms with Crippen LogP contribution in [0.25, 0.3) is 10.9 Å². The van der Waals surface area contributed by atoms with Gasteiger partial charge in [0.1, 0.15) is 23.1 Å². The van der Waals surface area contributed by atoms with E-state index in [0.717, 1.165) is 33.0 Å². The van der Waals surface area contributed by atoms with Gasteiger partial charge in [-0.2, -0.15) is 0 Å². The third-order valence-electron chi connectivity index (χ3n) is 2.93. The third-order valence-corrected chi connectivity index (χ3v) is 3.95. The molecule has 0 bridgehead atoms.